The molecule has 5 aromatic rings. The molecule has 0 atom stereocenters. The van der Waals surface area contributed by atoms with E-state index in [1.165, 1.54) is 45.6 Å². The van der Waals surface area contributed by atoms with Crippen LogP contribution in [0.15, 0.2) is 54.7 Å². The van der Waals surface area contributed by atoms with Crippen LogP contribution in [0, 0.1) is 0 Å². The average molecular weight is 606 g/mol. The lowest BCUT2D eigenvalue weighted by molar-refractivity contribution is 0.440. The minimum atomic E-state index is -0.204. The molecule has 7 nitrogen and oxygen atoms in total. The van der Waals surface area contributed by atoms with Crippen LogP contribution in [-0.4, -0.2) is 34.9 Å². The number of nitrogens with zero attached hydrogens (tertiary/aromatic N) is 3. The van der Waals surface area contributed by atoms with E-state index in [4.69, 9.17) is 0 Å². The van der Waals surface area contributed by atoms with Crippen LogP contribution in [0.25, 0.3) is 0 Å². The highest BCUT2D eigenvalue weighted by Gasteiger charge is 2.39. The maximum atomic E-state index is 4.50. The second kappa shape index (κ2) is 11.0. The van der Waals surface area contributed by atoms with Crippen LogP contribution in [0.1, 0.15) is 144 Å². The first-order valence-corrected chi connectivity index (χ1v) is 17.2. The number of aryl methyl sites for hydroxylation is 2. The fourth-order valence-corrected chi connectivity index (χ4v) is 7.90. The second-order valence-corrected chi connectivity index (χ2v) is 15.4. The molecule has 238 valence electrons. The van der Waals surface area contributed by atoms with E-state index < -0.39 is 0 Å². The van der Waals surface area contributed by atoms with Gasteiger partial charge in [0.2, 0.25) is 0 Å². The Balaban J connectivity index is 1.39. The molecule has 7 heteroatoms. The van der Waals surface area contributed by atoms with Gasteiger partial charge in [0, 0.05) is 80.0 Å². The van der Waals surface area contributed by atoms with E-state index in [1.807, 2.05) is 4.68 Å². The number of hydrogen-bond acceptors (Lipinski definition) is 2. The van der Waals surface area contributed by atoms with Gasteiger partial charge in [-0.1, -0.05) is 30.9 Å². The Morgan fingerprint density at radius 3 is 1.36 bits per heavy atom. The largest absolute Gasteiger partial charge is 0.361 e. The first kappa shape index (κ1) is 29.9. The molecule has 8 rings (SSSR count). The number of rotatable bonds is 0. The van der Waals surface area contributed by atoms with Crippen molar-refractivity contribution in [3.63, 3.8) is 0 Å². The maximum Gasteiger partial charge on any atom is 0.0827 e. The summed E-state index contributed by atoms with van der Waals surface area (Å²) < 4.78 is 2.05. The van der Waals surface area contributed by atoms with Gasteiger partial charge in [-0.15, -0.1) is 5.10 Å². The molecule has 12 bridgehead atoms. The SMILES string of the molecule is CC1(C)c2ccc([nH]2)C2(C)CCCCCc3cn(nn3)CCCCCC(C)(c3ccc1[nH]3)c1ccc([nH]1)C(C)(C)c1ccc2[nH]1. The monoisotopic (exact) mass is 605 g/mol. The molecular weight excluding hydrogens is 554 g/mol. The van der Waals surface area contributed by atoms with Gasteiger partial charge in [0.15, 0.2) is 0 Å². The van der Waals surface area contributed by atoms with Gasteiger partial charge in [0.05, 0.1) is 5.69 Å². The summed E-state index contributed by atoms with van der Waals surface area (Å²) in [6.07, 6.45) is 12.1. The Morgan fingerprint density at radius 1 is 0.511 bits per heavy atom. The number of aromatic amines is 4. The third-order valence-electron chi connectivity index (χ3n) is 11.6. The minimum absolute atomic E-state index is 0.180. The van der Waals surface area contributed by atoms with Gasteiger partial charge in [-0.2, -0.15) is 0 Å². The molecule has 8 heterocycles. The van der Waals surface area contributed by atoms with Gasteiger partial charge in [-0.25, -0.2) is 0 Å². The van der Waals surface area contributed by atoms with Crippen LogP contribution >= 0.6 is 0 Å². The highest BCUT2D eigenvalue weighted by Crippen LogP contribution is 2.43. The molecule has 0 amide bonds. The molecule has 0 radical (unpaired) electrons. The third-order valence-corrected chi connectivity index (χ3v) is 11.6. The van der Waals surface area contributed by atoms with E-state index in [0.29, 0.717) is 0 Å². The van der Waals surface area contributed by atoms with Crippen molar-refractivity contribution >= 4 is 0 Å². The van der Waals surface area contributed by atoms with Crippen molar-refractivity contribution < 1.29 is 0 Å². The third kappa shape index (κ3) is 5.12. The predicted octanol–water partition coefficient (Wildman–Crippen LogP) is 8.54. The Kier molecular flexibility index (Phi) is 7.29. The Bertz CT molecular complexity index is 1550. The molecule has 4 N–H and O–H groups in total. The zero-order valence-electron chi connectivity index (χ0n) is 28.1. The molecule has 0 saturated heterocycles. The molecule has 0 fully saturated rings. The van der Waals surface area contributed by atoms with Crippen molar-refractivity contribution in [3.8, 4) is 0 Å². The summed E-state index contributed by atoms with van der Waals surface area (Å²) in [7, 11) is 0. The van der Waals surface area contributed by atoms with Crippen molar-refractivity contribution in [1.29, 1.82) is 0 Å². The topological polar surface area (TPSA) is 93.9 Å². The van der Waals surface area contributed by atoms with Gasteiger partial charge in [-0.3, -0.25) is 4.68 Å². The van der Waals surface area contributed by atoms with Gasteiger partial charge in [-0.05, 0) is 122 Å². The first-order chi connectivity index (χ1) is 21.5. The van der Waals surface area contributed by atoms with Crippen molar-refractivity contribution in [2.75, 3.05) is 0 Å². The number of H-pyrrole nitrogens is 4. The summed E-state index contributed by atoms with van der Waals surface area (Å²) in [5, 5.41) is 8.96. The molecule has 0 aliphatic carbocycles. The Hall–Kier alpha value is -3.74. The van der Waals surface area contributed by atoms with E-state index in [9.17, 15) is 0 Å². The van der Waals surface area contributed by atoms with E-state index in [2.05, 4.69) is 127 Å². The standard InChI is InChI=1S/C38H51N7/c1-35(2)27-14-18-31(39-27)37(5)22-10-7-9-13-26-25-45(44-43-26)24-12-8-11-23-38(6,33-20-16-29(35)41-33)34-21-17-30(42-34)36(3,4)28-15-19-32(37)40-28/h14-21,25,39-42H,7-13,22-24H2,1-6H3. The van der Waals surface area contributed by atoms with E-state index >= 15 is 0 Å². The number of hydrogen-bond donors (Lipinski definition) is 4. The van der Waals surface area contributed by atoms with Crippen LogP contribution in [0.3, 0.4) is 0 Å². The first-order valence-electron chi connectivity index (χ1n) is 17.2. The smallest absolute Gasteiger partial charge is 0.0827 e. The van der Waals surface area contributed by atoms with Crippen molar-refractivity contribution in [2.24, 2.45) is 0 Å². The number of nitrogens with one attached hydrogen (secondary N) is 4. The van der Waals surface area contributed by atoms with E-state index in [1.54, 1.807) is 0 Å². The summed E-state index contributed by atoms with van der Waals surface area (Å²) in [5.41, 5.74) is 10.4. The lowest BCUT2D eigenvalue weighted by Crippen LogP contribution is -2.29. The zero-order valence-corrected chi connectivity index (χ0v) is 28.1. The summed E-state index contributed by atoms with van der Waals surface area (Å²) in [6.45, 7) is 15.1. The predicted molar refractivity (Wildman–Crippen MR) is 181 cm³/mol. The quantitative estimate of drug-likeness (QED) is 0.142. The normalized spacial score (nSPS) is 25.2. The van der Waals surface area contributed by atoms with Crippen LogP contribution in [-0.2, 0) is 34.6 Å². The van der Waals surface area contributed by atoms with E-state index in [0.717, 1.165) is 70.0 Å². The summed E-state index contributed by atoms with van der Waals surface area (Å²) in [4.78, 5) is 15.8. The molecular formula is C38H51N7. The highest BCUT2D eigenvalue weighted by molar-refractivity contribution is 5.43. The maximum absolute atomic E-state index is 4.50. The number of aromatic nitrogens is 7. The summed E-state index contributed by atoms with van der Waals surface area (Å²) in [5.74, 6) is 0. The Morgan fingerprint density at radius 2 is 0.911 bits per heavy atom. The van der Waals surface area contributed by atoms with Crippen LogP contribution in [0.2, 0.25) is 0 Å². The molecule has 5 aromatic heterocycles. The van der Waals surface area contributed by atoms with Gasteiger partial charge >= 0.3 is 0 Å². The molecule has 45 heavy (non-hydrogen) atoms. The molecule has 0 spiro atoms. The molecule has 3 aliphatic rings. The van der Waals surface area contributed by atoms with E-state index in [-0.39, 0.29) is 21.7 Å². The zero-order chi connectivity index (χ0) is 31.5. The van der Waals surface area contributed by atoms with Crippen LogP contribution in [0.5, 0.6) is 0 Å². The minimum Gasteiger partial charge on any atom is -0.361 e. The van der Waals surface area contributed by atoms with Crippen LogP contribution in [0.4, 0.5) is 0 Å². The Labute approximate surface area is 268 Å². The van der Waals surface area contributed by atoms with Crippen LogP contribution < -0.4 is 0 Å². The highest BCUT2D eigenvalue weighted by atomic mass is 15.4. The van der Waals surface area contributed by atoms with Gasteiger partial charge in [0.1, 0.15) is 0 Å². The van der Waals surface area contributed by atoms with Crippen molar-refractivity contribution in [2.45, 2.75) is 128 Å². The number of fused-ring (bicyclic) bond motifs is 8. The van der Waals surface area contributed by atoms with Crippen molar-refractivity contribution in [3.05, 3.63) is 106 Å². The lowest BCUT2D eigenvalue weighted by Gasteiger charge is -2.31. The lowest BCUT2D eigenvalue weighted by atomic mass is 9.78. The second-order valence-electron chi connectivity index (χ2n) is 15.4. The summed E-state index contributed by atoms with van der Waals surface area (Å²) >= 11 is 0. The molecule has 0 unspecified atom stereocenters. The molecule has 3 aliphatic heterocycles. The molecule has 0 aromatic carbocycles. The molecule has 0 saturated carbocycles. The van der Waals surface area contributed by atoms with Crippen molar-refractivity contribution in [1.82, 2.24) is 34.9 Å². The van der Waals surface area contributed by atoms with Gasteiger partial charge < -0.3 is 19.9 Å². The fourth-order valence-electron chi connectivity index (χ4n) is 7.90. The average Bonchev–Trinajstić information content (AvgIpc) is 3.85. The summed E-state index contributed by atoms with van der Waals surface area (Å²) in [6, 6.07) is 18.6. The van der Waals surface area contributed by atoms with Gasteiger partial charge in [0.25, 0.3) is 0 Å². The fraction of sp³-hybridized carbons (Fsp3) is 0.526.